The van der Waals surface area contributed by atoms with Crippen molar-refractivity contribution < 1.29 is 9.53 Å². The summed E-state index contributed by atoms with van der Waals surface area (Å²) in [4.78, 5) is 12.0. The molecule has 1 atom stereocenters. The topological polar surface area (TPSA) is 94.0 Å². The van der Waals surface area contributed by atoms with Crippen molar-refractivity contribution in [3.63, 3.8) is 0 Å². The molecular weight excluding hydrogens is 308 g/mol. The number of carbonyl (C=O) groups is 1. The Labute approximate surface area is 133 Å². The number of carbonyl (C=O) groups excluding carboxylic acids is 1. The number of anilines is 1. The van der Waals surface area contributed by atoms with Gasteiger partial charge in [0.1, 0.15) is 6.33 Å². The number of hydrogen-bond acceptors (Lipinski definition) is 6. The van der Waals surface area contributed by atoms with Gasteiger partial charge in [-0.05, 0) is 28.6 Å². The minimum Gasteiger partial charge on any atom is -0.378 e. The number of tetrazole rings is 1. The Kier molecular flexibility index (Phi) is 5.82. The molecule has 1 amide bonds. The Bertz CT molecular complexity index is 600. The third-order valence-corrected chi connectivity index (χ3v) is 3.17. The molecule has 1 aromatic carbocycles. The fourth-order valence-corrected chi connectivity index (χ4v) is 2.19. The molecular formula is C13H17ClN6O2. The van der Waals surface area contributed by atoms with E-state index in [-0.39, 0.29) is 24.4 Å². The van der Waals surface area contributed by atoms with E-state index in [1.165, 1.54) is 11.0 Å². The van der Waals surface area contributed by atoms with E-state index in [1.54, 1.807) is 0 Å². The molecule has 1 aromatic heterocycles. The van der Waals surface area contributed by atoms with E-state index in [1.807, 2.05) is 24.3 Å². The third kappa shape index (κ3) is 4.23. The van der Waals surface area contributed by atoms with Crippen molar-refractivity contribution in [2.24, 2.45) is 0 Å². The van der Waals surface area contributed by atoms with Crippen LogP contribution in [0.1, 0.15) is 6.42 Å². The highest BCUT2D eigenvalue weighted by atomic mass is 35.5. The van der Waals surface area contributed by atoms with Gasteiger partial charge in [-0.25, -0.2) is 4.68 Å². The number of halogens is 1. The monoisotopic (exact) mass is 324 g/mol. The van der Waals surface area contributed by atoms with Crippen molar-refractivity contribution in [3.05, 3.63) is 30.6 Å². The van der Waals surface area contributed by atoms with Crippen LogP contribution in [-0.2, 0) is 9.53 Å². The first-order valence-electron chi connectivity index (χ1n) is 6.76. The Balaban J connectivity index is 0.00000176. The molecule has 2 heterocycles. The minimum absolute atomic E-state index is 0. The Morgan fingerprint density at radius 1 is 1.50 bits per heavy atom. The molecule has 2 N–H and O–H groups in total. The first kappa shape index (κ1) is 16.3. The van der Waals surface area contributed by atoms with Gasteiger partial charge in [-0.1, -0.05) is 6.07 Å². The molecule has 2 aromatic rings. The summed E-state index contributed by atoms with van der Waals surface area (Å²) in [7, 11) is 0. The van der Waals surface area contributed by atoms with E-state index in [9.17, 15) is 4.79 Å². The van der Waals surface area contributed by atoms with Crippen molar-refractivity contribution >= 4 is 24.0 Å². The zero-order valence-corrected chi connectivity index (χ0v) is 12.6. The van der Waals surface area contributed by atoms with Crippen molar-refractivity contribution in [1.29, 1.82) is 0 Å². The number of benzene rings is 1. The molecule has 9 heteroatoms. The molecule has 1 saturated heterocycles. The molecule has 22 heavy (non-hydrogen) atoms. The summed E-state index contributed by atoms with van der Waals surface area (Å²) in [6.45, 7) is 2.05. The molecule has 0 saturated carbocycles. The Hall–Kier alpha value is -2.03. The fraction of sp³-hybridized carbons (Fsp3) is 0.385. The second kappa shape index (κ2) is 7.83. The van der Waals surface area contributed by atoms with Gasteiger partial charge in [0.25, 0.3) is 0 Å². The van der Waals surface area contributed by atoms with E-state index in [0.717, 1.165) is 12.2 Å². The summed E-state index contributed by atoms with van der Waals surface area (Å²) in [5.41, 5.74) is 1.50. The molecule has 0 bridgehead atoms. The van der Waals surface area contributed by atoms with E-state index >= 15 is 0 Å². The van der Waals surface area contributed by atoms with E-state index in [0.29, 0.717) is 25.3 Å². The molecule has 1 unspecified atom stereocenters. The van der Waals surface area contributed by atoms with Crippen LogP contribution in [0, 0.1) is 0 Å². The summed E-state index contributed by atoms with van der Waals surface area (Å²) in [5, 5.41) is 17.1. The molecule has 0 spiro atoms. The third-order valence-electron chi connectivity index (χ3n) is 3.17. The summed E-state index contributed by atoms with van der Waals surface area (Å²) >= 11 is 0. The second-order valence-electron chi connectivity index (χ2n) is 4.78. The lowest BCUT2D eigenvalue weighted by atomic mass is 10.2. The zero-order chi connectivity index (χ0) is 14.5. The van der Waals surface area contributed by atoms with Crippen LogP contribution in [0.2, 0.25) is 0 Å². The summed E-state index contributed by atoms with van der Waals surface area (Å²) in [5.74, 6) is -0.0492. The molecule has 0 aliphatic carbocycles. The number of aromatic nitrogens is 4. The molecule has 0 radical (unpaired) electrons. The number of ether oxygens (including phenoxy) is 1. The molecule has 1 fully saturated rings. The predicted molar refractivity (Wildman–Crippen MR) is 82.3 cm³/mol. The molecule has 118 valence electrons. The number of morpholine rings is 1. The smallest absolute Gasteiger partial charge is 0.226 e. The normalized spacial score (nSPS) is 17.5. The van der Waals surface area contributed by atoms with Crippen LogP contribution in [0.15, 0.2) is 30.6 Å². The first-order chi connectivity index (χ1) is 10.3. The van der Waals surface area contributed by atoms with Gasteiger partial charge in [-0.15, -0.1) is 17.5 Å². The van der Waals surface area contributed by atoms with Crippen LogP contribution < -0.4 is 10.6 Å². The maximum Gasteiger partial charge on any atom is 0.226 e. The van der Waals surface area contributed by atoms with Gasteiger partial charge in [0.2, 0.25) is 5.91 Å². The van der Waals surface area contributed by atoms with Gasteiger partial charge in [-0.2, -0.15) is 0 Å². The summed E-state index contributed by atoms with van der Waals surface area (Å²) in [6.07, 6.45) is 1.89. The fourth-order valence-electron chi connectivity index (χ4n) is 2.19. The number of rotatable bonds is 4. The van der Waals surface area contributed by atoms with Gasteiger partial charge in [0, 0.05) is 24.7 Å². The zero-order valence-electron chi connectivity index (χ0n) is 11.8. The number of hydrogen-bond donors (Lipinski definition) is 2. The maximum atomic E-state index is 12.0. The quantitative estimate of drug-likeness (QED) is 0.845. The van der Waals surface area contributed by atoms with Gasteiger partial charge in [0.15, 0.2) is 0 Å². The van der Waals surface area contributed by atoms with Crippen molar-refractivity contribution in [2.45, 2.75) is 12.5 Å². The van der Waals surface area contributed by atoms with E-state index < -0.39 is 0 Å². The van der Waals surface area contributed by atoms with Crippen LogP contribution >= 0.6 is 12.4 Å². The van der Waals surface area contributed by atoms with Gasteiger partial charge in [0.05, 0.1) is 18.9 Å². The summed E-state index contributed by atoms with van der Waals surface area (Å²) < 4.78 is 6.87. The highest BCUT2D eigenvalue weighted by molar-refractivity contribution is 5.91. The van der Waals surface area contributed by atoms with Crippen LogP contribution in [0.3, 0.4) is 0 Å². The average molecular weight is 325 g/mol. The first-order valence-corrected chi connectivity index (χ1v) is 6.76. The van der Waals surface area contributed by atoms with Crippen LogP contribution in [0.25, 0.3) is 5.69 Å². The van der Waals surface area contributed by atoms with Gasteiger partial charge in [-0.3, -0.25) is 4.79 Å². The largest absolute Gasteiger partial charge is 0.378 e. The lowest BCUT2D eigenvalue weighted by Gasteiger charge is -2.23. The Morgan fingerprint density at radius 2 is 2.41 bits per heavy atom. The number of nitrogens with zero attached hydrogens (tertiary/aromatic N) is 4. The molecule has 3 rings (SSSR count). The SMILES string of the molecule is Cl.O=C(CC1COCCN1)Nc1cccc(-n2cnnn2)c1. The second-order valence-corrected chi connectivity index (χ2v) is 4.78. The van der Waals surface area contributed by atoms with Gasteiger partial charge < -0.3 is 15.4 Å². The molecule has 1 aliphatic rings. The van der Waals surface area contributed by atoms with Crippen LogP contribution in [0.5, 0.6) is 0 Å². The van der Waals surface area contributed by atoms with Crippen molar-refractivity contribution in [1.82, 2.24) is 25.5 Å². The van der Waals surface area contributed by atoms with Crippen molar-refractivity contribution in [3.8, 4) is 5.69 Å². The predicted octanol–water partition coefficient (Wildman–Crippen LogP) is 0.401. The Morgan fingerprint density at radius 3 is 3.14 bits per heavy atom. The van der Waals surface area contributed by atoms with E-state index in [4.69, 9.17) is 4.74 Å². The van der Waals surface area contributed by atoms with Crippen LogP contribution in [-0.4, -0.2) is 51.9 Å². The van der Waals surface area contributed by atoms with Crippen molar-refractivity contribution in [2.75, 3.05) is 25.1 Å². The standard InChI is InChI=1S/C13H16N6O2.ClH/c20-13(7-11-8-21-5-4-14-11)16-10-2-1-3-12(6-10)19-9-15-17-18-19;/h1-3,6,9,11,14H,4-5,7-8H2,(H,16,20);1H. The number of nitrogens with one attached hydrogen (secondary N) is 2. The van der Waals surface area contributed by atoms with Crippen LogP contribution in [0.4, 0.5) is 5.69 Å². The molecule has 8 nitrogen and oxygen atoms in total. The highest BCUT2D eigenvalue weighted by Crippen LogP contribution is 2.14. The lowest BCUT2D eigenvalue weighted by Crippen LogP contribution is -2.43. The molecule has 1 aliphatic heterocycles. The highest BCUT2D eigenvalue weighted by Gasteiger charge is 2.16. The lowest BCUT2D eigenvalue weighted by molar-refractivity contribution is -0.117. The minimum atomic E-state index is -0.0492. The average Bonchev–Trinajstić information content (AvgIpc) is 3.02. The number of amides is 1. The van der Waals surface area contributed by atoms with E-state index in [2.05, 4.69) is 26.2 Å². The van der Waals surface area contributed by atoms with Gasteiger partial charge >= 0.3 is 0 Å². The summed E-state index contributed by atoms with van der Waals surface area (Å²) in [6, 6.07) is 7.42. The maximum absolute atomic E-state index is 12.0.